The predicted octanol–water partition coefficient (Wildman–Crippen LogP) is 4.58. The van der Waals surface area contributed by atoms with Crippen LogP contribution in [0.25, 0.3) is 33.7 Å². The van der Waals surface area contributed by atoms with Gasteiger partial charge in [-0.1, -0.05) is 34.5 Å². The van der Waals surface area contributed by atoms with Gasteiger partial charge in [-0.2, -0.15) is 4.98 Å². The first-order valence-electron chi connectivity index (χ1n) is 8.00. The van der Waals surface area contributed by atoms with Crippen LogP contribution in [0.5, 0.6) is 5.88 Å². The molecule has 0 aliphatic carbocycles. The Labute approximate surface area is 145 Å². The summed E-state index contributed by atoms with van der Waals surface area (Å²) in [7, 11) is 1.59. The largest absolute Gasteiger partial charge is 0.480 e. The molecule has 5 heteroatoms. The van der Waals surface area contributed by atoms with Gasteiger partial charge in [-0.15, -0.1) is 0 Å². The molecule has 0 radical (unpaired) electrons. The summed E-state index contributed by atoms with van der Waals surface area (Å²) in [6, 6.07) is 16.0. The number of aryl methyl sites for hydroxylation is 2. The first-order valence-corrected chi connectivity index (χ1v) is 8.00. The average Bonchev–Trinajstić information content (AvgIpc) is 3.10. The zero-order valence-corrected chi connectivity index (χ0v) is 14.3. The number of rotatable bonds is 3. The molecule has 5 nitrogen and oxygen atoms in total. The van der Waals surface area contributed by atoms with Gasteiger partial charge in [0.1, 0.15) is 0 Å². The van der Waals surface area contributed by atoms with Crippen LogP contribution in [0.15, 0.2) is 53.1 Å². The molecule has 0 amide bonds. The van der Waals surface area contributed by atoms with E-state index in [-0.39, 0.29) is 0 Å². The van der Waals surface area contributed by atoms with Crippen LogP contribution in [-0.2, 0) is 0 Å². The third kappa shape index (κ3) is 2.85. The molecule has 25 heavy (non-hydrogen) atoms. The van der Waals surface area contributed by atoms with E-state index in [1.807, 2.05) is 56.3 Å². The van der Waals surface area contributed by atoms with E-state index in [4.69, 9.17) is 9.26 Å². The molecule has 0 saturated heterocycles. The molecule has 4 aromatic rings. The Kier molecular flexibility index (Phi) is 3.69. The fourth-order valence-corrected chi connectivity index (χ4v) is 2.82. The van der Waals surface area contributed by atoms with Gasteiger partial charge >= 0.3 is 0 Å². The highest BCUT2D eigenvalue weighted by molar-refractivity contribution is 5.85. The summed E-state index contributed by atoms with van der Waals surface area (Å²) in [6.45, 7) is 4.08. The number of nitrogens with zero attached hydrogens (tertiary/aromatic N) is 3. The third-order valence-electron chi connectivity index (χ3n) is 4.06. The zero-order valence-electron chi connectivity index (χ0n) is 14.3. The average molecular weight is 331 g/mol. The van der Waals surface area contributed by atoms with Crippen molar-refractivity contribution in [3.63, 3.8) is 0 Å². The number of benzene rings is 2. The van der Waals surface area contributed by atoms with Crippen LogP contribution in [-0.4, -0.2) is 22.2 Å². The molecule has 0 aliphatic rings. The first-order chi connectivity index (χ1) is 12.1. The van der Waals surface area contributed by atoms with Crippen LogP contribution in [0.1, 0.15) is 11.1 Å². The van der Waals surface area contributed by atoms with Crippen LogP contribution < -0.4 is 4.74 Å². The van der Waals surface area contributed by atoms with E-state index in [1.165, 1.54) is 5.56 Å². The minimum absolute atomic E-state index is 0.462. The number of pyridine rings is 1. The molecule has 0 bridgehead atoms. The Morgan fingerprint density at radius 2 is 1.76 bits per heavy atom. The first kappa shape index (κ1) is 15.3. The van der Waals surface area contributed by atoms with Crippen molar-refractivity contribution in [2.24, 2.45) is 0 Å². The maximum atomic E-state index is 5.45. The van der Waals surface area contributed by atoms with Crippen LogP contribution in [0.4, 0.5) is 0 Å². The quantitative estimate of drug-likeness (QED) is 0.550. The highest BCUT2D eigenvalue weighted by Crippen LogP contribution is 2.31. The Bertz CT molecular complexity index is 1070. The fraction of sp³-hybridized carbons (Fsp3) is 0.150. The Morgan fingerprint density at radius 3 is 2.56 bits per heavy atom. The monoisotopic (exact) mass is 331 g/mol. The van der Waals surface area contributed by atoms with Crippen molar-refractivity contribution >= 4 is 10.9 Å². The SMILES string of the molecule is COc1nc2ccc(C)cc2cc1-c1noc(-c2cccc(C)c2)n1. The molecule has 0 N–H and O–H groups in total. The van der Waals surface area contributed by atoms with Crippen LogP contribution in [0, 0.1) is 13.8 Å². The number of ether oxygens (including phenoxy) is 1. The maximum Gasteiger partial charge on any atom is 0.258 e. The summed E-state index contributed by atoms with van der Waals surface area (Å²) in [4.78, 5) is 9.10. The predicted molar refractivity (Wildman–Crippen MR) is 96.5 cm³/mol. The van der Waals surface area contributed by atoms with Crippen LogP contribution in [0.3, 0.4) is 0 Å². The molecule has 0 atom stereocenters. The standard InChI is InChI=1S/C20H17N3O2/c1-12-5-4-6-14(9-12)19-22-18(23-25-19)16-11-15-10-13(2)7-8-17(15)21-20(16)24-3/h4-11H,1-3H3. The fourth-order valence-electron chi connectivity index (χ4n) is 2.82. The van der Waals surface area contributed by atoms with E-state index in [1.54, 1.807) is 7.11 Å². The maximum absolute atomic E-state index is 5.45. The van der Waals surface area contributed by atoms with Crippen molar-refractivity contribution < 1.29 is 9.26 Å². The highest BCUT2D eigenvalue weighted by Gasteiger charge is 2.17. The number of hydrogen-bond donors (Lipinski definition) is 0. The second-order valence-corrected chi connectivity index (χ2v) is 6.03. The molecule has 124 valence electrons. The van der Waals surface area contributed by atoms with Crippen LogP contribution >= 0.6 is 0 Å². The summed E-state index contributed by atoms with van der Waals surface area (Å²) in [5.41, 5.74) is 4.77. The summed E-state index contributed by atoms with van der Waals surface area (Å²) < 4.78 is 10.9. The van der Waals surface area contributed by atoms with Gasteiger partial charge in [-0.3, -0.25) is 0 Å². The topological polar surface area (TPSA) is 61.0 Å². The van der Waals surface area contributed by atoms with Gasteiger partial charge in [-0.05, 0) is 44.2 Å². The Balaban J connectivity index is 1.84. The second kappa shape index (κ2) is 6.02. The summed E-state index contributed by atoms with van der Waals surface area (Å²) in [6.07, 6.45) is 0. The lowest BCUT2D eigenvalue weighted by atomic mass is 10.1. The Morgan fingerprint density at radius 1 is 0.920 bits per heavy atom. The van der Waals surface area contributed by atoms with Crippen molar-refractivity contribution in [3.05, 3.63) is 59.7 Å². The van der Waals surface area contributed by atoms with Gasteiger partial charge in [0.15, 0.2) is 0 Å². The molecular weight excluding hydrogens is 314 g/mol. The van der Waals surface area contributed by atoms with E-state index < -0.39 is 0 Å². The molecule has 2 heterocycles. The molecule has 0 unspecified atom stereocenters. The lowest BCUT2D eigenvalue weighted by Gasteiger charge is -2.07. The lowest BCUT2D eigenvalue weighted by molar-refractivity contribution is 0.399. The van der Waals surface area contributed by atoms with Gasteiger partial charge in [-0.25, -0.2) is 4.98 Å². The summed E-state index contributed by atoms with van der Waals surface area (Å²) >= 11 is 0. The normalized spacial score (nSPS) is 11.0. The lowest BCUT2D eigenvalue weighted by Crippen LogP contribution is -1.94. The minimum Gasteiger partial charge on any atom is -0.480 e. The molecule has 0 spiro atoms. The highest BCUT2D eigenvalue weighted by atomic mass is 16.5. The smallest absolute Gasteiger partial charge is 0.258 e. The third-order valence-corrected chi connectivity index (χ3v) is 4.06. The van der Waals surface area contributed by atoms with Crippen molar-refractivity contribution in [2.75, 3.05) is 7.11 Å². The number of methoxy groups -OCH3 is 1. The molecule has 2 aromatic heterocycles. The van der Waals surface area contributed by atoms with Crippen molar-refractivity contribution in [3.8, 4) is 28.7 Å². The van der Waals surface area contributed by atoms with Gasteiger partial charge in [0, 0.05) is 10.9 Å². The summed E-state index contributed by atoms with van der Waals surface area (Å²) in [5, 5.41) is 5.14. The van der Waals surface area contributed by atoms with E-state index in [9.17, 15) is 0 Å². The molecule has 2 aromatic carbocycles. The Hall–Kier alpha value is -3.21. The van der Waals surface area contributed by atoms with Gasteiger partial charge in [0.25, 0.3) is 5.89 Å². The second-order valence-electron chi connectivity index (χ2n) is 6.03. The van der Waals surface area contributed by atoms with Gasteiger partial charge in [0.05, 0.1) is 18.2 Å². The van der Waals surface area contributed by atoms with E-state index in [0.29, 0.717) is 23.2 Å². The molecule has 0 aliphatic heterocycles. The molecule has 0 fully saturated rings. The van der Waals surface area contributed by atoms with Crippen molar-refractivity contribution in [2.45, 2.75) is 13.8 Å². The van der Waals surface area contributed by atoms with E-state index in [2.05, 4.69) is 21.2 Å². The number of hydrogen-bond acceptors (Lipinski definition) is 5. The van der Waals surface area contributed by atoms with Crippen molar-refractivity contribution in [1.82, 2.24) is 15.1 Å². The molecule has 0 saturated carbocycles. The van der Waals surface area contributed by atoms with Gasteiger partial charge < -0.3 is 9.26 Å². The minimum atomic E-state index is 0.462. The zero-order chi connectivity index (χ0) is 17.4. The van der Waals surface area contributed by atoms with Crippen molar-refractivity contribution in [1.29, 1.82) is 0 Å². The van der Waals surface area contributed by atoms with Gasteiger partial charge in [0.2, 0.25) is 11.7 Å². The number of aromatic nitrogens is 3. The van der Waals surface area contributed by atoms with E-state index in [0.717, 1.165) is 22.0 Å². The van der Waals surface area contributed by atoms with Crippen LogP contribution in [0.2, 0.25) is 0 Å². The number of fused-ring (bicyclic) bond motifs is 1. The van der Waals surface area contributed by atoms with E-state index >= 15 is 0 Å². The molecule has 4 rings (SSSR count). The summed E-state index contributed by atoms with van der Waals surface area (Å²) in [5.74, 6) is 1.42. The molecular formula is C20H17N3O2.